The fourth-order valence-corrected chi connectivity index (χ4v) is 1.49. The van der Waals surface area contributed by atoms with Crippen molar-refractivity contribution in [2.24, 2.45) is 0 Å². The Morgan fingerprint density at radius 3 is 2.36 bits per heavy atom. The van der Waals surface area contributed by atoms with Crippen LogP contribution in [-0.2, 0) is 9.53 Å². The first kappa shape index (κ1) is 13.4. The van der Waals surface area contributed by atoms with Gasteiger partial charge in [-0.05, 0) is 19.3 Å². The van der Waals surface area contributed by atoms with Crippen LogP contribution in [0.5, 0.6) is 0 Å². The highest BCUT2D eigenvalue weighted by Crippen LogP contribution is 2.09. The zero-order chi connectivity index (χ0) is 10.8. The topological polar surface area (TPSA) is 29.5 Å². The van der Waals surface area contributed by atoms with Crippen LogP contribution in [0.3, 0.4) is 0 Å². The van der Waals surface area contributed by atoms with Crippen molar-refractivity contribution in [3.63, 3.8) is 0 Å². The molecule has 0 spiro atoms. The van der Waals surface area contributed by atoms with E-state index in [9.17, 15) is 4.79 Å². The summed E-state index contributed by atoms with van der Waals surface area (Å²) in [7, 11) is 1.67. The van der Waals surface area contributed by atoms with E-state index in [2.05, 4.69) is 0 Å². The molecule has 1 saturated heterocycles. The van der Waals surface area contributed by atoms with Gasteiger partial charge < -0.3 is 9.64 Å². The molecule has 1 amide bonds. The highest BCUT2D eigenvalue weighted by atomic mass is 16.5. The van der Waals surface area contributed by atoms with Crippen LogP contribution in [0.2, 0.25) is 0 Å². The lowest BCUT2D eigenvalue weighted by molar-refractivity contribution is -0.130. The van der Waals surface area contributed by atoms with Crippen LogP contribution in [-0.4, -0.2) is 37.6 Å². The Labute approximate surface area is 87.4 Å². The maximum atomic E-state index is 11.4. The highest BCUT2D eigenvalue weighted by Gasteiger charge is 2.16. The molecule has 0 aromatic rings. The largest absolute Gasteiger partial charge is 0.385 e. The predicted molar refractivity (Wildman–Crippen MR) is 58.3 cm³/mol. The first-order chi connectivity index (χ1) is 6.84. The lowest BCUT2D eigenvalue weighted by Crippen LogP contribution is -2.27. The van der Waals surface area contributed by atoms with Crippen molar-refractivity contribution < 1.29 is 9.53 Å². The van der Waals surface area contributed by atoms with Crippen molar-refractivity contribution in [3.8, 4) is 0 Å². The van der Waals surface area contributed by atoms with Gasteiger partial charge in [0.1, 0.15) is 0 Å². The number of methoxy groups -OCH3 is 1. The Kier molecular flexibility index (Phi) is 8.64. The third kappa shape index (κ3) is 5.22. The van der Waals surface area contributed by atoms with Crippen LogP contribution in [0.4, 0.5) is 0 Å². The minimum absolute atomic E-state index is 0.296. The minimum Gasteiger partial charge on any atom is -0.385 e. The summed E-state index contributed by atoms with van der Waals surface area (Å²) in [5.74, 6) is 0.296. The summed E-state index contributed by atoms with van der Waals surface area (Å²) in [6.45, 7) is 6.62. The van der Waals surface area contributed by atoms with E-state index in [0.717, 1.165) is 19.5 Å². The van der Waals surface area contributed by atoms with Crippen molar-refractivity contribution in [1.29, 1.82) is 0 Å². The monoisotopic (exact) mass is 201 g/mol. The number of hydrogen-bond donors (Lipinski definition) is 0. The van der Waals surface area contributed by atoms with Gasteiger partial charge in [-0.3, -0.25) is 4.79 Å². The Bertz CT molecular complexity index is 142. The minimum atomic E-state index is 0.296. The summed E-state index contributed by atoms with van der Waals surface area (Å²) in [6, 6.07) is 0. The molecule has 1 aliphatic heterocycles. The van der Waals surface area contributed by atoms with Crippen LogP contribution in [0.15, 0.2) is 0 Å². The van der Waals surface area contributed by atoms with Crippen molar-refractivity contribution in [2.45, 2.75) is 39.5 Å². The molecule has 3 nitrogen and oxygen atoms in total. The first-order valence-corrected chi connectivity index (χ1v) is 5.61. The molecule has 1 aliphatic rings. The van der Waals surface area contributed by atoms with Gasteiger partial charge in [-0.2, -0.15) is 0 Å². The van der Waals surface area contributed by atoms with Crippen LogP contribution in [0, 0.1) is 0 Å². The second-order valence-corrected chi connectivity index (χ2v) is 3.18. The van der Waals surface area contributed by atoms with Gasteiger partial charge >= 0.3 is 0 Å². The molecule has 0 saturated carbocycles. The number of rotatable bonds is 4. The summed E-state index contributed by atoms with van der Waals surface area (Å²) in [5, 5.41) is 0. The van der Waals surface area contributed by atoms with Gasteiger partial charge in [0, 0.05) is 33.2 Å². The summed E-state index contributed by atoms with van der Waals surface area (Å²) in [5.41, 5.74) is 0. The number of likely N-dealkylation sites (tertiary alicyclic amines) is 1. The van der Waals surface area contributed by atoms with Gasteiger partial charge in [-0.25, -0.2) is 0 Å². The summed E-state index contributed by atoms with van der Waals surface area (Å²) in [4.78, 5) is 13.3. The number of carbonyl (C=O) groups excluding carboxylic acids is 1. The maximum Gasteiger partial charge on any atom is 0.222 e. The van der Waals surface area contributed by atoms with E-state index >= 15 is 0 Å². The zero-order valence-corrected chi connectivity index (χ0v) is 9.71. The third-order valence-corrected chi connectivity index (χ3v) is 2.20. The van der Waals surface area contributed by atoms with Gasteiger partial charge in [-0.15, -0.1) is 0 Å². The van der Waals surface area contributed by atoms with E-state index in [4.69, 9.17) is 4.74 Å². The van der Waals surface area contributed by atoms with Crippen LogP contribution in [0.25, 0.3) is 0 Å². The fourth-order valence-electron chi connectivity index (χ4n) is 1.49. The second-order valence-electron chi connectivity index (χ2n) is 3.18. The summed E-state index contributed by atoms with van der Waals surface area (Å²) < 4.78 is 4.88. The summed E-state index contributed by atoms with van der Waals surface area (Å²) in [6.07, 6.45) is 3.85. The third-order valence-electron chi connectivity index (χ3n) is 2.20. The highest BCUT2D eigenvalue weighted by molar-refractivity contribution is 5.76. The molecular weight excluding hydrogens is 178 g/mol. The Balaban J connectivity index is 0.000000791. The van der Waals surface area contributed by atoms with E-state index in [-0.39, 0.29) is 0 Å². The molecule has 0 unspecified atom stereocenters. The number of amides is 1. The van der Waals surface area contributed by atoms with Crippen molar-refractivity contribution in [3.05, 3.63) is 0 Å². The Morgan fingerprint density at radius 1 is 1.29 bits per heavy atom. The van der Waals surface area contributed by atoms with E-state index in [1.54, 1.807) is 7.11 Å². The number of nitrogens with zero attached hydrogens (tertiary/aromatic N) is 1. The molecule has 14 heavy (non-hydrogen) atoms. The van der Waals surface area contributed by atoms with Gasteiger partial charge in [0.2, 0.25) is 5.91 Å². The lowest BCUT2D eigenvalue weighted by atomic mass is 10.3. The Morgan fingerprint density at radius 2 is 1.86 bits per heavy atom. The molecule has 0 aromatic carbocycles. The van der Waals surface area contributed by atoms with Crippen molar-refractivity contribution in [2.75, 3.05) is 26.8 Å². The average molecular weight is 201 g/mol. The SMILES string of the molecule is CC.COCCCC(=O)N1CCCC1. The molecule has 0 aromatic heterocycles. The van der Waals surface area contributed by atoms with E-state index < -0.39 is 0 Å². The average Bonchev–Trinajstić information content (AvgIpc) is 2.74. The zero-order valence-electron chi connectivity index (χ0n) is 9.71. The first-order valence-electron chi connectivity index (χ1n) is 5.61. The van der Waals surface area contributed by atoms with Crippen LogP contribution < -0.4 is 0 Å². The molecular formula is C11H23NO2. The smallest absolute Gasteiger partial charge is 0.222 e. The Hall–Kier alpha value is -0.570. The predicted octanol–water partition coefficient (Wildman–Crippen LogP) is 2.06. The molecule has 0 N–H and O–H groups in total. The normalized spacial score (nSPS) is 14.9. The van der Waals surface area contributed by atoms with Gasteiger partial charge in [-0.1, -0.05) is 13.8 Å². The van der Waals surface area contributed by atoms with Crippen molar-refractivity contribution >= 4 is 5.91 Å². The molecule has 3 heteroatoms. The van der Waals surface area contributed by atoms with E-state index in [0.29, 0.717) is 18.9 Å². The second kappa shape index (κ2) is 9.00. The van der Waals surface area contributed by atoms with Crippen LogP contribution >= 0.6 is 0 Å². The van der Waals surface area contributed by atoms with Crippen LogP contribution in [0.1, 0.15) is 39.5 Å². The molecule has 1 heterocycles. The van der Waals surface area contributed by atoms with E-state index in [1.165, 1.54) is 12.8 Å². The van der Waals surface area contributed by atoms with Gasteiger partial charge in [0.05, 0.1) is 0 Å². The molecule has 0 radical (unpaired) electrons. The van der Waals surface area contributed by atoms with E-state index in [1.807, 2.05) is 18.7 Å². The molecule has 0 bridgehead atoms. The molecule has 1 rings (SSSR count). The summed E-state index contributed by atoms with van der Waals surface area (Å²) >= 11 is 0. The quantitative estimate of drug-likeness (QED) is 0.652. The maximum absolute atomic E-state index is 11.4. The van der Waals surface area contributed by atoms with Crippen molar-refractivity contribution in [1.82, 2.24) is 4.90 Å². The lowest BCUT2D eigenvalue weighted by Gasteiger charge is -2.14. The molecule has 1 fully saturated rings. The molecule has 0 aliphatic carbocycles. The number of ether oxygens (including phenoxy) is 1. The standard InChI is InChI=1S/C9H17NO2.C2H6/c1-12-8-4-5-9(11)10-6-2-3-7-10;1-2/h2-8H2,1H3;1-2H3. The molecule has 84 valence electrons. The van der Waals surface area contributed by atoms with Gasteiger partial charge in [0.25, 0.3) is 0 Å². The number of hydrogen-bond acceptors (Lipinski definition) is 2. The van der Waals surface area contributed by atoms with Gasteiger partial charge in [0.15, 0.2) is 0 Å². The number of carbonyl (C=O) groups is 1. The molecule has 0 atom stereocenters. The fraction of sp³-hybridized carbons (Fsp3) is 0.909.